The van der Waals surface area contributed by atoms with Crippen molar-refractivity contribution in [2.75, 3.05) is 19.0 Å². The Labute approximate surface area is 211 Å². The van der Waals surface area contributed by atoms with Crippen molar-refractivity contribution in [1.82, 2.24) is 4.98 Å². The molecule has 2 atom stereocenters. The van der Waals surface area contributed by atoms with Crippen LogP contribution >= 0.6 is 11.3 Å². The monoisotopic (exact) mass is 506 g/mol. The molecule has 1 fully saturated rings. The molecule has 4 aromatic rings. The van der Waals surface area contributed by atoms with Crippen molar-refractivity contribution in [3.05, 3.63) is 72.0 Å². The van der Waals surface area contributed by atoms with Gasteiger partial charge in [-0.05, 0) is 60.5 Å². The van der Waals surface area contributed by atoms with Gasteiger partial charge in [0.25, 0.3) is 0 Å². The average molecular weight is 507 g/mol. The van der Waals surface area contributed by atoms with Crippen molar-refractivity contribution >= 4 is 44.4 Å². The summed E-state index contributed by atoms with van der Waals surface area (Å²) in [6.45, 7) is 2.08. The van der Waals surface area contributed by atoms with Gasteiger partial charge in [0.1, 0.15) is 23.2 Å². The standard InChI is InChI=1S/C27H24FN3O4S/c1-16-4-3-13-31(16,27(33)34)25(32)21-11-7-18(14-23(21)35-2)17-5-9-20(10-6-17)29-26-30-22-12-8-19(28)15-24(22)36-26/h5-12,14-16H,3-4,13H2,1-2H3,(H-,29,30,32,33,34)/p+1/t16-,31?/m1/s1. The van der Waals surface area contributed by atoms with Gasteiger partial charge in [0.15, 0.2) is 5.13 Å². The largest absolute Gasteiger partial charge is 0.521 e. The van der Waals surface area contributed by atoms with Crippen molar-refractivity contribution < 1.29 is 28.3 Å². The molecule has 1 unspecified atom stereocenters. The Morgan fingerprint density at radius 1 is 1.11 bits per heavy atom. The Hall–Kier alpha value is -3.82. The van der Waals surface area contributed by atoms with Crippen LogP contribution in [-0.4, -0.2) is 46.3 Å². The smallest absolute Gasteiger partial charge is 0.496 e. The number of halogens is 1. The second-order valence-corrected chi connectivity index (χ2v) is 9.95. The minimum Gasteiger partial charge on any atom is -0.496 e. The molecule has 0 saturated carbocycles. The van der Waals surface area contributed by atoms with E-state index >= 15 is 0 Å². The Morgan fingerprint density at radius 3 is 2.53 bits per heavy atom. The Morgan fingerprint density at radius 2 is 1.86 bits per heavy atom. The van der Waals surface area contributed by atoms with Gasteiger partial charge in [0.05, 0.1) is 23.9 Å². The number of aromatic nitrogens is 1. The number of amides is 2. The molecule has 7 nitrogen and oxygen atoms in total. The van der Waals surface area contributed by atoms with Crippen LogP contribution in [0.4, 0.5) is 20.0 Å². The van der Waals surface area contributed by atoms with Crippen LogP contribution in [0, 0.1) is 5.82 Å². The summed E-state index contributed by atoms with van der Waals surface area (Å²) in [6, 6.07) is 17.1. The first-order chi connectivity index (χ1) is 17.3. The molecule has 1 aliphatic heterocycles. The fraction of sp³-hybridized carbons (Fsp3) is 0.222. The molecular weight excluding hydrogens is 481 g/mol. The van der Waals surface area contributed by atoms with Crippen LogP contribution < -0.4 is 10.1 Å². The van der Waals surface area contributed by atoms with Crippen LogP contribution in [-0.2, 0) is 0 Å². The van der Waals surface area contributed by atoms with Gasteiger partial charge in [-0.3, -0.25) is 0 Å². The topological polar surface area (TPSA) is 88.5 Å². The summed E-state index contributed by atoms with van der Waals surface area (Å²) < 4.78 is 19.1. The first-order valence-corrected chi connectivity index (χ1v) is 12.4. The van der Waals surface area contributed by atoms with E-state index in [1.165, 1.54) is 30.6 Å². The molecule has 1 aliphatic rings. The number of carboxylic acid groups (broad SMARTS) is 1. The van der Waals surface area contributed by atoms with Crippen LogP contribution in [0.1, 0.15) is 30.1 Å². The van der Waals surface area contributed by atoms with E-state index in [2.05, 4.69) is 10.3 Å². The number of carbonyl (C=O) groups excluding carboxylic acids is 1. The van der Waals surface area contributed by atoms with Gasteiger partial charge in [-0.2, -0.15) is 9.28 Å². The van der Waals surface area contributed by atoms with Gasteiger partial charge < -0.3 is 15.2 Å². The quantitative estimate of drug-likeness (QED) is 0.294. The third-order valence-electron chi connectivity index (χ3n) is 6.84. The lowest BCUT2D eigenvalue weighted by atomic mass is 10.0. The van der Waals surface area contributed by atoms with Crippen molar-refractivity contribution in [3.8, 4) is 16.9 Å². The van der Waals surface area contributed by atoms with Crippen LogP contribution in [0.25, 0.3) is 21.3 Å². The molecule has 0 spiro atoms. The summed E-state index contributed by atoms with van der Waals surface area (Å²) in [4.78, 5) is 30.1. The van der Waals surface area contributed by atoms with Crippen molar-refractivity contribution in [2.24, 2.45) is 0 Å². The number of hydrogen-bond acceptors (Lipinski definition) is 6. The molecule has 2 N–H and O–H groups in total. The number of thiazole rings is 1. The van der Waals surface area contributed by atoms with Gasteiger partial charge in [0.2, 0.25) is 0 Å². The van der Waals surface area contributed by atoms with Crippen LogP contribution in [0.2, 0.25) is 0 Å². The Balaban J connectivity index is 1.39. The fourth-order valence-electron chi connectivity index (χ4n) is 4.83. The van der Waals surface area contributed by atoms with E-state index < -0.39 is 16.5 Å². The SMILES string of the molecule is COc1cc(-c2ccc(Nc3nc4ccc(F)cc4s3)cc2)ccc1C(=O)[N+]1(C(=O)O)CCC[C@H]1C. The second-order valence-electron chi connectivity index (χ2n) is 8.92. The number of methoxy groups -OCH3 is 1. The first-order valence-electron chi connectivity index (χ1n) is 11.6. The summed E-state index contributed by atoms with van der Waals surface area (Å²) in [5.74, 6) is -0.398. The van der Waals surface area contributed by atoms with Crippen molar-refractivity contribution in [1.29, 1.82) is 0 Å². The highest BCUT2D eigenvalue weighted by Crippen LogP contribution is 2.35. The Kier molecular flexibility index (Phi) is 6.19. The summed E-state index contributed by atoms with van der Waals surface area (Å²) in [6.07, 6.45) is 0.248. The van der Waals surface area contributed by atoms with E-state index in [0.29, 0.717) is 23.7 Å². The van der Waals surface area contributed by atoms with Gasteiger partial charge in [0, 0.05) is 18.5 Å². The predicted molar refractivity (Wildman–Crippen MR) is 137 cm³/mol. The number of quaternary nitrogens is 1. The van der Waals surface area contributed by atoms with Gasteiger partial charge >= 0.3 is 12.0 Å². The summed E-state index contributed by atoms with van der Waals surface area (Å²) >= 11 is 1.37. The molecule has 184 valence electrons. The molecule has 9 heteroatoms. The van der Waals surface area contributed by atoms with Crippen LogP contribution in [0.3, 0.4) is 0 Å². The zero-order chi connectivity index (χ0) is 25.4. The second kappa shape index (κ2) is 9.33. The number of rotatable bonds is 5. The molecule has 1 aromatic heterocycles. The molecular formula is C27H25FN3O4S+. The van der Waals surface area contributed by atoms with Crippen molar-refractivity contribution in [2.45, 2.75) is 25.8 Å². The number of likely N-dealkylation sites (tertiary alicyclic amines) is 1. The number of fused-ring (bicyclic) bond motifs is 1. The third-order valence-corrected chi connectivity index (χ3v) is 7.77. The maximum absolute atomic E-state index is 13.5. The average Bonchev–Trinajstić information content (AvgIpc) is 3.46. The predicted octanol–water partition coefficient (Wildman–Crippen LogP) is 6.67. The number of ether oxygens (including phenoxy) is 1. The lowest BCUT2D eigenvalue weighted by molar-refractivity contribution is -0.785. The number of imide groups is 1. The molecule has 0 aliphatic carbocycles. The van der Waals surface area contributed by atoms with Crippen LogP contribution in [0.5, 0.6) is 5.75 Å². The molecule has 2 heterocycles. The zero-order valence-corrected chi connectivity index (χ0v) is 20.6. The summed E-state index contributed by atoms with van der Waals surface area (Å²) in [5.41, 5.74) is 3.57. The molecule has 2 amide bonds. The maximum Gasteiger partial charge on any atom is 0.521 e. The summed E-state index contributed by atoms with van der Waals surface area (Å²) in [5, 5.41) is 13.8. The molecule has 36 heavy (non-hydrogen) atoms. The number of nitrogens with one attached hydrogen (secondary N) is 1. The zero-order valence-electron chi connectivity index (χ0n) is 19.8. The minimum atomic E-state index is -1.13. The molecule has 1 saturated heterocycles. The number of nitrogens with zero attached hydrogens (tertiary/aromatic N) is 2. The number of benzene rings is 3. The summed E-state index contributed by atoms with van der Waals surface area (Å²) in [7, 11) is 1.48. The highest BCUT2D eigenvalue weighted by molar-refractivity contribution is 7.22. The first kappa shape index (κ1) is 23.9. The van der Waals surface area contributed by atoms with Gasteiger partial charge in [-0.1, -0.05) is 29.5 Å². The molecule has 5 rings (SSSR count). The van der Waals surface area contributed by atoms with E-state index in [1.807, 2.05) is 31.2 Å². The van der Waals surface area contributed by atoms with E-state index in [0.717, 1.165) is 27.0 Å². The molecule has 3 aromatic carbocycles. The van der Waals surface area contributed by atoms with Crippen LogP contribution in [0.15, 0.2) is 60.7 Å². The number of hydrogen-bond donors (Lipinski definition) is 2. The lowest BCUT2D eigenvalue weighted by Gasteiger charge is -2.30. The minimum absolute atomic E-state index is 0.267. The fourth-order valence-corrected chi connectivity index (χ4v) is 5.74. The highest BCUT2D eigenvalue weighted by atomic mass is 32.1. The van der Waals surface area contributed by atoms with Gasteiger partial charge in [-0.25, -0.2) is 14.2 Å². The maximum atomic E-state index is 13.5. The van der Waals surface area contributed by atoms with E-state index in [-0.39, 0.29) is 24.0 Å². The normalized spacial score (nSPS) is 19.4. The third kappa shape index (κ3) is 4.10. The van der Waals surface area contributed by atoms with E-state index in [9.17, 15) is 19.1 Å². The Bertz CT molecular complexity index is 1470. The highest BCUT2D eigenvalue weighted by Gasteiger charge is 2.54. The van der Waals surface area contributed by atoms with Gasteiger partial charge in [-0.15, -0.1) is 0 Å². The number of carbonyl (C=O) groups is 2. The molecule has 0 bridgehead atoms. The molecule has 0 radical (unpaired) electrons. The van der Waals surface area contributed by atoms with E-state index in [1.54, 1.807) is 24.3 Å². The van der Waals surface area contributed by atoms with E-state index in [4.69, 9.17) is 4.74 Å². The van der Waals surface area contributed by atoms with Crippen molar-refractivity contribution in [3.63, 3.8) is 0 Å². The number of anilines is 2. The lowest BCUT2D eigenvalue weighted by Crippen LogP contribution is -2.58.